The zero-order valence-corrected chi connectivity index (χ0v) is 7.90. The Bertz CT molecular complexity index is 66.0. The van der Waals surface area contributed by atoms with Gasteiger partial charge in [-0.1, -0.05) is 39.5 Å². The Hall–Kier alpha value is -0.0800. The zero-order valence-electron chi connectivity index (χ0n) is 7.90. The van der Waals surface area contributed by atoms with Gasteiger partial charge in [-0.05, 0) is 12.3 Å². The molecule has 0 rings (SSSR count). The molecule has 0 saturated heterocycles. The molecule has 11 heavy (non-hydrogen) atoms. The Balaban J connectivity index is 3.25. The number of nitrogens with one attached hydrogen (secondary N) is 1. The molecular formula is C9H22N2. The summed E-state index contributed by atoms with van der Waals surface area (Å²) >= 11 is 0. The van der Waals surface area contributed by atoms with Gasteiger partial charge in [0.15, 0.2) is 0 Å². The summed E-state index contributed by atoms with van der Waals surface area (Å²) in [5.41, 5.74) is 2.71. The Morgan fingerprint density at radius 3 is 2.45 bits per heavy atom. The van der Waals surface area contributed by atoms with E-state index in [1.54, 1.807) is 0 Å². The maximum absolute atomic E-state index is 5.21. The van der Waals surface area contributed by atoms with E-state index in [2.05, 4.69) is 19.3 Å². The smallest absolute Gasteiger partial charge is 0.01000 e. The lowest BCUT2D eigenvalue weighted by molar-refractivity contribution is 0.411. The Morgan fingerprint density at radius 1 is 1.27 bits per heavy atom. The molecule has 0 aromatic heterocycles. The van der Waals surface area contributed by atoms with Crippen LogP contribution in [0.5, 0.6) is 0 Å². The number of rotatable bonds is 7. The SMILES string of the molecule is CCCCC(CC)CCNN. The van der Waals surface area contributed by atoms with Crippen molar-refractivity contribution in [3.63, 3.8) is 0 Å². The van der Waals surface area contributed by atoms with Crippen LogP contribution in [0, 0.1) is 5.92 Å². The predicted molar refractivity (Wildman–Crippen MR) is 50.1 cm³/mol. The van der Waals surface area contributed by atoms with Gasteiger partial charge in [0, 0.05) is 6.54 Å². The first-order valence-electron chi connectivity index (χ1n) is 4.78. The van der Waals surface area contributed by atoms with Crippen molar-refractivity contribution in [3.8, 4) is 0 Å². The average Bonchev–Trinajstić information content (AvgIpc) is 2.05. The summed E-state index contributed by atoms with van der Waals surface area (Å²) in [5, 5.41) is 0. The molecule has 0 aliphatic heterocycles. The number of unbranched alkanes of at least 4 members (excludes halogenated alkanes) is 1. The summed E-state index contributed by atoms with van der Waals surface area (Å²) in [6.45, 7) is 5.47. The molecule has 0 radical (unpaired) electrons. The molecule has 0 aliphatic rings. The fraction of sp³-hybridized carbons (Fsp3) is 1.00. The third-order valence-corrected chi connectivity index (χ3v) is 2.24. The van der Waals surface area contributed by atoms with E-state index in [4.69, 9.17) is 5.84 Å². The first kappa shape index (κ1) is 10.9. The van der Waals surface area contributed by atoms with Crippen molar-refractivity contribution in [1.29, 1.82) is 0 Å². The summed E-state index contributed by atoms with van der Waals surface area (Å²) in [6, 6.07) is 0. The predicted octanol–water partition coefficient (Wildman–Crippen LogP) is 2.06. The van der Waals surface area contributed by atoms with E-state index in [-0.39, 0.29) is 0 Å². The van der Waals surface area contributed by atoms with Gasteiger partial charge in [0.2, 0.25) is 0 Å². The second-order valence-electron chi connectivity index (χ2n) is 3.16. The van der Waals surface area contributed by atoms with Crippen molar-refractivity contribution in [1.82, 2.24) is 5.43 Å². The van der Waals surface area contributed by atoms with Crippen LogP contribution in [0.3, 0.4) is 0 Å². The first-order valence-corrected chi connectivity index (χ1v) is 4.78. The van der Waals surface area contributed by atoms with E-state index < -0.39 is 0 Å². The average molecular weight is 158 g/mol. The van der Waals surface area contributed by atoms with Gasteiger partial charge >= 0.3 is 0 Å². The number of hydrogen-bond acceptors (Lipinski definition) is 2. The lowest BCUT2D eigenvalue weighted by Gasteiger charge is -2.12. The van der Waals surface area contributed by atoms with Crippen LogP contribution in [0.15, 0.2) is 0 Å². The van der Waals surface area contributed by atoms with Crippen LogP contribution in [0.4, 0.5) is 0 Å². The zero-order chi connectivity index (χ0) is 8.53. The van der Waals surface area contributed by atoms with Gasteiger partial charge in [-0.25, -0.2) is 0 Å². The molecule has 0 aromatic rings. The monoisotopic (exact) mass is 158 g/mol. The molecule has 0 amide bonds. The summed E-state index contributed by atoms with van der Waals surface area (Å²) in [5.74, 6) is 6.09. The molecule has 0 aliphatic carbocycles. The maximum Gasteiger partial charge on any atom is 0.01000 e. The Kier molecular flexibility index (Phi) is 7.96. The largest absolute Gasteiger partial charge is 0.271 e. The quantitative estimate of drug-likeness (QED) is 0.439. The van der Waals surface area contributed by atoms with Gasteiger partial charge in [-0.15, -0.1) is 0 Å². The summed E-state index contributed by atoms with van der Waals surface area (Å²) in [6.07, 6.45) is 6.57. The van der Waals surface area contributed by atoms with Crippen LogP contribution in [-0.2, 0) is 0 Å². The molecule has 0 bridgehead atoms. The van der Waals surface area contributed by atoms with E-state index >= 15 is 0 Å². The number of hydrazine groups is 1. The molecule has 0 fully saturated rings. The highest BCUT2D eigenvalue weighted by molar-refractivity contribution is 4.57. The van der Waals surface area contributed by atoms with Crippen LogP contribution in [-0.4, -0.2) is 6.54 Å². The normalized spacial score (nSPS) is 13.4. The minimum Gasteiger partial charge on any atom is -0.271 e. The highest BCUT2D eigenvalue weighted by atomic mass is 15.2. The van der Waals surface area contributed by atoms with E-state index in [1.807, 2.05) is 0 Å². The minimum atomic E-state index is 0.881. The molecule has 68 valence electrons. The number of nitrogens with two attached hydrogens (primary N) is 1. The second kappa shape index (κ2) is 8.02. The Labute approximate surface area is 70.5 Å². The maximum atomic E-state index is 5.21. The molecule has 3 N–H and O–H groups in total. The van der Waals surface area contributed by atoms with E-state index in [0.717, 1.165) is 12.5 Å². The Morgan fingerprint density at radius 2 is 2.00 bits per heavy atom. The van der Waals surface area contributed by atoms with Crippen LogP contribution < -0.4 is 11.3 Å². The molecule has 0 aromatic carbocycles. The van der Waals surface area contributed by atoms with E-state index in [0.29, 0.717) is 0 Å². The van der Waals surface area contributed by atoms with E-state index in [9.17, 15) is 0 Å². The first-order chi connectivity index (χ1) is 5.35. The highest BCUT2D eigenvalue weighted by Crippen LogP contribution is 2.15. The lowest BCUT2D eigenvalue weighted by atomic mass is 9.96. The number of hydrogen-bond donors (Lipinski definition) is 2. The van der Waals surface area contributed by atoms with Gasteiger partial charge in [0.25, 0.3) is 0 Å². The molecule has 0 spiro atoms. The molecule has 1 unspecified atom stereocenters. The van der Waals surface area contributed by atoms with Crippen molar-refractivity contribution in [2.75, 3.05) is 6.54 Å². The van der Waals surface area contributed by atoms with Crippen LogP contribution >= 0.6 is 0 Å². The molecule has 1 atom stereocenters. The molecular weight excluding hydrogens is 136 g/mol. The minimum absolute atomic E-state index is 0.881. The third-order valence-electron chi connectivity index (χ3n) is 2.24. The van der Waals surface area contributed by atoms with Crippen LogP contribution in [0.25, 0.3) is 0 Å². The van der Waals surface area contributed by atoms with Gasteiger partial charge in [-0.3, -0.25) is 11.3 Å². The molecule has 2 heteroatoms. The van der Waals surface area contributed by atoms with Gasteiger partial charge in [0.05, 0.1) is 0 Å². The van der Waals surface area contributed by atoms with E-state index in [1.165, 1.54) is 32.1 Å². The van der Waals surface area contributed by atoms with Crippen molar-refractivity contribution in [2.45, 2.75) is 46.0 Å². The van der Waals surface area contributed by atoms with Crippen molar-refractivity contribution in [3.05, 3.63) is 0 Å². The summed E-state index contributed by atoms with van der Waals surface area (Å²) in [4.78, 5) is 0. The van der Waals surface area contributed by atoms with Crippen molar-refractivity contribution < 1.29 is 0 Å². The molecule has 0 saturated carbocycles. The van der Waals surface area contributed by atoms with Crippen LogP contribution in [0.1, 0.15) is 46.0 Å². The standard InChI is InChI=1S/C9H22N2/c1-3-5-6-9(4-2)7-8-11-10/h9,11H,3-8,10H2,1-2H3. The van der Waals surface area contributed by atoms with Crippen molar-refractivity contribution in [2.24, 2.45) is 11.8 Å². The van der Waals surface area contributed by atoms with Gasteiger partial charge in [0.1, 0.15) is 0 Å². The summed E-state index contributed by atoms with van der Waals surface area (Å²) in [7, 11) is 0. The van der Waals surface area contributed by atoms with Crippen LogP contribution in [0.2, 0.25) is 0 Å². The third kappa shape index (κ3) is 6.32. The van der Waals surface area contributed by atoms with Crippen molar-refractivity contribution >= 4 is 0 Å². The fourth-order valence-corrected chi connectivity index (χ4v) is 1.33. The topological polar surface area (TPSA) is 38.0 Å². The fourth-order valence-electron chi connectivity index (χ4n) is 1.33. The molecule has 2 nitrogen and oxygen atoms in total. The highest BCUT2D eigenvalue weighted by Gasteiger charge is 2.03. The second-order valence-corrected chi connectivity index (χ2v) is 3.16. The van der Waals surface area contributed by atoms with Gasteiger partial charge in [-0.2, -0.15) is 0 Å². The van der Waals surface area contributed by atoms with Gasteiger partial charge < -0.3 is 0 Å². The lowest BCUT2D eigenvalue weighted by Crippen LogP contribution is -2.24. The summed E-state index contributed by atoms with van der Waals surface area (Å²) < 4.78 is 0. The molecule has 0 heterocycles.